The highest BCUT2D eigenvalue weighted by Crippen LogP contribution is 2.16. The van der Waals surface area contributed by atoms with Gasteiger partial charge in [-0.2, -0.15) is 5.10 Å². The van der Waals surface area contributed by atoms with Crippen molar-refractivity contribution in [3.8, 4) is 0 Å². The summed E-state index contributed by atoms with van der Waals surface area (Å²) in [4.78, 5) is 22.6. The minimum absolute atomic E-state index is 0.337. The summed E-state index contributed by atoms with van der Waals surface area (Å²) >= 11 is 3.24. The Bertz CT molecular complexity index is 648. The Kier molecular flexibility index (Phi) is 2.51. The highest BCUT2D eigenvalue weighted by atomic mass is 79.9. The van der Waals surface area contributed by atoms with Crippen LogP contribution in [-0.2, 0) is 7.05 Å². The molecule has 82 valence electrons. The Hall–Kier alpha value is -1.69. The average molecular weight is 283 g/mol. The number of rotatable bonds is 1. The predicted molar refractivity (Wildman–Crippen MR) is 61.6 cm³/mol. The highest BCUT2D eigenvalue weighted by Gasteiger charge is 2.15. The number of carboxylic acid groups (broad SMARTS) is 1. The Morgan fingerprint density at radius 3 is 2.81 bits per heavy atom. The Balaban J connectivity index is 2.98. The zero-order chi connectivity index (χ0) is 11.9. The van der Waals surface area contributed by atoms with Crippen molar-refractivity contribution in [1.29, 1.82) is 0 Å². The first-order chi connectivity index (χ1) is 7.50. The van der Waals surface area contributed by atoms with Crippen molar-refractivity contribution in [2.45, 2.75) is 0 Å². The fraction of sp³-hybridized carbons (Fsp3) is 0.100. The zero-order valence-corrected chi connectivity index (χ0v) is 9.85. The third kappa shape index (κ3) is 1.61. The van der Waals surface area contributed by atoms with Crippen LogP contribution in [0, 0.1) is 0 Å². The van der Waals surface area contributed by atoms with Crippen LogP contribution in [0.5, 0.6) is 0 Å². The Morgan fingerprint density at radius 2 is 2.19 bits per heavy atom. The van der Waals surface area contributed by atoms with Gasteiger partial charge in [-0.25, -0.2) is 4.79 Å². The highest BCUT2D eigenvalue weighted by molar-refractivity contribution is 9.10. The molecule has 0 saturated heterocycles. The fourth-order valence-electron chi connectivity index (χ4n) is 1.49. The SMILES string of the molecule is Cn1nc(C(=O)O)c(=O)c2cc(Br)ccc21. The first-order valence-corrected chi connectivity index (χ1v) is 5.20. The topological polar surface area (TPSA) is 72.2 Å². The average Bonchev–Trinajstić information content (AvgIpc) is 2.22. The number of aryl methyl sites for hydroxylation is 1. The number of halogens is 1. The molecule has 1 aromatic carbocycles. The van der Waals surface area contributed by atoms with Gasteiger partial charge in [-0.1, -0.05) is 15.9 Å². The largest absolute Gasteiger partial charge is 0.476 e. The van der Waals surface area contributed by atoms with Crippen LogP contribution in [0.1, 0.15) is 10.5 Å². The molecule has 0 atom stereocenters. The van der Waals surface area contributed by atoms with Gasteiger partial charge in [0, 0.05) is 11.5 Å². The summed E-state index contributed by atoms with van der Waals surface area (Å²) in [6, 6.07) is 5.06. The van der Waals surface area contributed by atoms with E-state index in [0.717, 1.165) is 4.47 Å². The molecule has 2 rings (SSSR count). The lowest BCUT2D eigenvalue weighted by Gasteiger charge is -2.05. The molecule has 16 heavy (non-hydrogen) atoms. The van der Waals surface area contributed by atoms with E-state index < -0.39 is 17.1 Å². The van der Waals surface area contributed by atoms with E-state index in [9.17, 15) is 9.59 Å². The van der Waals surface area contributed by atoms with E-state index in [1.807, 2.05) is 0 Å². The standard InChI is InChI=1S/C10H7BrN2O3/c1-13-7-3-2-5(11)4-6(7)9(14)8(12-13)10(15)16/h2-4H,1H3,(H,15,16). The van der Waals surface area contributed by atoms with E-state index in [4.69, 9.17) is 5.11 Å². The molecule has 1 aromatic heterocycles. The second kappa shape index (κ2) is 3.71. The molecule has 0 radical (unpaired) electrons. The summed E-state index contributed by atoms with van der Waals surface area (Å²) in [7, 11) is 1.60. The summed E-state index contributed by atoms with van der Waals surface area (Å²) < 4.78 is 2.10. The summed E-state index contributed by atoms with van der Waals surface area (Å²) in [6.45, 7) is 0. The van der Waals surface area contributed by atoms with Crippen LogP contribution in [-0.4, -0.2) is 20.9 Å². The van der Waals surface area contributed by atoms with Gasteiger partial charge in [0.05, 0.1) is 10.9 Å². The van der Waals surface area contributed by atoms with Gasteiger partial charge in [0.2, 0.25) is 11.1 Å². The van der Waals surface area contributed by atoms with Crippen LogP contribution in [0.4, 0.5) is 0 Å². The molecule has 0 aliphatic heterocycles. The van der Waals surface area contributed by atoms with Crippen molar-refractivity contribution in [3.63, 3.8) is 0 Å². The number of aromatic carboxylic acids is 1. The lowest BCUT2D eigenvalue weighted by molar-refractivity contribution is 0.0687. The van der Waals surface area contributed by atoms with Gasteiger partial charge in [-0.05, 0) is 18.2 Å². The van der Waals surface area contributed by atoms with Gasteiger partial charge in [-0.3, -0.25) is 9.48 Å². The number of carbonyl (C=O) groups is 1. The molecule has 1 N–H and O–H groups in total. The number of benzene rings is 1. The van der Waals surface area contributed by atoms with Crippen molar-refractivity contribution in [2.24, 2.45) is 7.05 Å². The monoisotopic (exact) mass is 282 g/mol. The van der Waals surface area contributed by atoms with E-state index in [1.54, 1.807) is 25.2 Å². The molecule has 0 unspecified atom stereocenters. The van der Waals surface area contributed by atoms with Crippen molar-refractivity contribution < 1.29 is 9.90 Å². The summed E-state index contributed by atoms with van der Waals surface area (Å²) in [6.07, 6.45) is 0. The van der Waals surface area contributed by atoms with Gasteiger partial charge < -0.3 is 5.11 Å². The van der Waals surface area contributed by atoms with Gasteiger partial charge in [-0.15, -0.1) is 0 Å². The summed E-state index contributed by atoms with van der Waals surface area (Å²) in [5.41, 5.74) is -0.437. The minimum atomic E-state index is -1.32. The fourth-order valence-corrected chi connectivity index (χ4v) is 1.85. The van der Waals surface area contributed by atoms with Crippen LogP contribution in [0.15, 0.2) is 27.5 Å². The molecule has 0 spiro atoms. The van der Waals surface area contributed by atoms with Crippen LogP contribution in [0.2, 0.25) is 0 Å². The molecule has 1 heterocycles. The molecule has 6 heteroatoms. The molecular formula is C10H7BrN2O3. The number of aromatic nitrogens is 2. The molecule has 2 aromatic rings. The van der Waals surface area contributed by atoms with Crippen molar-refractivity contribution >= 4 is 32.8 Å². The van der Waals surface area contributed by atoms with E-state index in [1.165, 1.54) is 4.68 Å². The van der Waals surface area contributed by atoms with Gasteiger partial charge >= 0.3 is 5.97 Å². The number of nitrogens with zero attached hydrogens (tertiary/aromatic N) is 2. The first-order valence-electron chi connectivity index (χ1n) is 4.40. The number of hydrogen-bond acceptors (Lipinski definition) is 3. The van der Waals surface area contributed by atoms with Crippen molar-refractivity contribution in [3.05, 3.63) is 38.6 Å². The van der Waals surface area contributed by atoms with E-state index in [2.05, 4.69) is 21.0 Å². The lowest BCUT2D eigenvalue weighted by atomic mass is 10.2. The van der Waals surface area contributed by atoms with Crippen LogP contribution in [0.3, 0.4) is 0 Å². The molecule has 0 aliphatic rings. The molecule has 0 bridgehead atoms. The third-order valence-corrected chi connectivity index (χ3v) is 2.71. The van der Waals surface area contributed by atoms with Gasteiger partial charge in [0.1, 0.15) is 0 Å². The quantitative estimate of drug-likeness (QED) is 0.858. The summed E-state index contributed by atoms with van der Waals surface area (Å²) in [5, 5.41) is 12.9. The predicted octanol–water partition coefficient (Wildman–Crippen LogP) is 1.39. The molecule has 5 nitrogen and oxygen atoms in total. The van der Waals surface area contributed by atoms with Gasteiger partial charge in [0.15, 0.2) is 0 Å². The molecule has 0 amide bonds. The molecular weight excluding hydrogens is 276 g/mol. The number of fused-ring (bicyclic) bond motifs is 1. The van der Waals surface area contributed by atoms with Crippen molar-refractivity contribution in [1.82, 2.24) is 9.78 Å². The maximum Gasteiger partial charge on any atom is 0.360 e. The second-order valence-electron chi connectivity index (χ2n) is 3.27. The lowest BCUT2D eigenvalue weighted by Crippen LogP contribution is -2.21. The first kappa shape index (κ1) is 10.8. The van der Waals surface area contributed by atoms with Crippen molar-refractivity contribution in [2.75, 3.05) is 0 Å². The summed E-state index contributed by atoms with van der Waals surface area (Å²) in [5.74, 6) is -1.32. The molecule has 0 aliphatic carbocycles. The van der Waals surface area contributed by atoms with E-state index >= 15 is 0 Å². The van der Waals surface area contributed by atoms with Crippen LogP contribution < -0.4 is 5.43 Å². The van der Waals surface area contributed by atoms with Gasteiger partial charge in [0.25, 0.3) is 0 Å². The Labute approximate surface area is 98.4 Å². The third-order valence-electron chi connectivity index (χ3n) is 2.22. The van der Waals surface area contributed by atoms with E-state index in [0.29, 0.717) is 10.9 Å². The number of carboxylic acids is 1. The normalized spacial score (nSPS) is 10.6. The zero-order valence-electron chi connectivity index (χ0n) is 8.27. The maximum atomic E-state index is 11.8. The number of hydrogen-bond donors (Lipinski definition) is 1. The van der Waals surface area contributed by atoms with Crippen LogP contribution >= 0.6 is 15.9 Å². The Morgan fingerprint density at radius 1 is 1.50 bits per heavy atom. The smallest absolute Gasteiger partial charge is 0.360 e. The molecule has 0 fully saturated rings. The molecule has 0 saturated carbocycles. The second-order valence-corrected chi connectivity index (χ2v) is 4.18. The van der Waals surface area contributed by atoms with Crippen LogP contribution in [0.25, 0.3) is 10.9 Å². The van der Waals surface area contributed by atoms with E-state index in [-0.39, 0.29) is 0 Å². The maximum absolute atomic E-state index is 11.8. The minimum Gasteiger partial charge on any atom is -0.476 e.